The average Bonchev–Trinajstić information content (AvgIpc) is 2.80. The number of para-hydroxylation sites is 1. The van der Waals surface area contributed by atoms with Gasteiger partial charge in [-0.3, -0.25) is 4.79 Å². The molecule has 1 radical (unpaired) electrons. The molecule has 2 aromatic heterocycles. The summed E-state index contributed by atoms with van der Waals surface area (Å²) in [5.74, 6) is -0.561. The van der Waals surface area contributed by atoms with Crippen molar-refractivity contribution in [2.45, 2.75) is 13.3 Å². The Morgan fingerprint density at radius 2 is 2.14 bits per heavy atom. The number of pyridine rings is 1. The minimum absolute atomic E-state index is 0.163. The van der Waals surface area contributed by atoms with Gasteiger partial charge in [-0.05, 0) is 24.1 Å². The minimum atomic E-state index is -0.561. The number of carbonyl (C=O) groups is 1. The van der Waals surface area contributed by atoms with Gasteiger partial charge in [-0.2, -0.15) is 0 Å². The number of benzene rings is 1. The molecular formula is C17H16N3O. The molecule has 2 heterocycles. The van der Waals surface area contributed by atoms with E-state index < -0.39 is 5.91 Å². The molecule has 0 atom stereocenters. The van der Waals surface area contributed by atoms with E-state index in [1.54, 1.807) is 12.3 Å². The Labute approximate surface area is 123 Å². The van der Waals surface area contributed by atoms with Crippen molar-refractivity contribution in [3.63, 3.8) is 0 Å². The fraction of sp³-hybridized carbons (Fsp3) is 0.176. The highest BCUT2D eigenvalue weighted by Gasteiger charge is 2.15. The SMILES string of the molecule is CCc1c(-c2c[c]c(C(N)=O)nc2)n(C)c2ccccc12. The number of aromatic nitrogens is 2. The molecule has 0 bridgehead atoms. The number of rotatable bonds is 3. The first-order valence-corrected chi connectivity index (χ1v) is 6.87. The van der Waals surface area contributed by atoms with Gasteiger partial charge in [0.2, 0.25) is 0 Å². The van der Waals surface area contributed by atoms with Crippen molar-refractivity contribution in [3.05, 3.63) is 53.9 Å². The van der Waals surface area contributed by atoms with Crippen LogP contribution in [-0.2, 0) is 13.5 Å². The topological polar surface area (TPSA) is 60.9 Å². The standard InChI is InChI=1S/C17H16N3O/c1-3-12-13-6-4-5-7-15(13)20(2)16(12)11-8-9-14(17(18)21)19-10-11/h4-8,10H,3H2,1-2H3,(H2,18,21). The Morgan fingerprint density at radius 3 is 2.76 bits per heavy atom. The van der Waals surface area contributed by atoms with Crippen molar-refractivity contribution in [1.29, 1.82) is 0 Å². The van der Waals surface area contributed by atoms with Gasteiger partial charge in [-0.1, -0.05) is 25.1 Å². The molecule has 0 saturated heterocycles. The number of nitrogens with zero attached hydrogens (tertiary/aromatic N) is 2. The number of nitrogens with two attached hydrogens (primary N) is 1. The molecule has 105 valence electrons. The molecule has 4 nitrogen and oxygen atoms in total. The summed E-state index contributed by atoms with van der Waals surface area (Å²) in [6, 6.07) is 13.0. The lowest BCUT2D eigenvalue weighted by Crippen LogP contribution is -2.12. The first-order chi connectivity index (χ1) is 10.1. The van der Waals surface area contributed by atoms with E-state index in [1.165, 1.54) is 16.5 Å². The van der Waals surface area contributed by atoms with Crippen molar-refractivity contribution in [2.24, 2.45) is 12.8 Å². The van der Waals surface area contributed by atoms with Gasteiger partial charge < -0.3 is 10.3 Å². The lowest BCUT2D eigenvalue weighted by molar-refractivity contribution is 0.0995. The highest BCUT2D eigenvalue weighted by atomic mass is 16.1. The second-order valence-corrected chi connectivity index (χ2v) is 4.97. The van der Waals surface area contributed by atoms with E-state index in [9.17, 15) is 4.79 Å². The van der Waals surface area contributed by atoms with Crippen LogP contribution in [0.2, 0.25) is 0 Å². The summed E-state index contributed by atoms with van der Waals surface area (Å²) in [5.41, 5.74) is 9.88. The fourth-order valence-corrected chi connectivity index (χ4v) is 2.82. The molecule has 3 rings (SSSR count). The first kappa shape index (κ1) is 13.4. The molecule has 0 fully saturated rings. The number of fused-ring (bicyclic) bond motifs is 1. The second-order valence-electron chi connectivity index (χ2n) is 4.97. The maximum absolute atomic E-state index is 11.1. The Balaban J connectivity index is 2.24. The molecule has 1 amide bonds. The van der Waals surface area contributed by atoms with Crippen LogP contribution in [0.15, 0.2) is 36.5 Å². The van der Waals surface area contributed by atoms with Gasteiger partial charge in [0.1, 0.15) is 5.69 Å². The van der Waals surface area contributed by atoms with E-state index in [-0.39, 0.29) is 5.69 Å². The predicted octanol–water partition coefficient (Wildman–Crippen LogP) is 2.70. The summed E-state index contributed by atoms with van der Waals surface area (Å²) in [6.45, 7) is 2.14. The molecule has 0 unspecified atom stereocenters. The monoisotopic (exact) mass is 278 g/mol. The lowest BCUT2D eigenvalue weighted by atomic mass is 10.0. The van der Waals surface area contributed by atoms with Crippen molar-refractivity contribution >= 4 is 16.8 Å². The smallest absolute Gasteiger partial charge is 0.267 e. The van der Waals surface area contributed by atoms with Gasteiger partial charge in [0.15, 0.2) is 0 Å². The van der Waals surface area contributed by atoms with Gasteiger partial charge in [0.25, 0.3) is 5.91 Å². The van der Waals surface area contributed by atoms with Gasteiger partial charge >= 0.3 is 0 Å². The average molecular weight is 278 g/mol. The Bertz CT molecular complexity index is 816. The highest BCUT2D eigenvalue weighted by Crippen LogP contribution is 2.32. The molecule has 0 spiro atoms. The van der Waals surface area contributed by atoms with Crippen LogP contribution in [0.4, 0.5) is 0 Å². The van der Waals surface area contributed by atoms with Crippen molar-refractivity contribution in [2.75, 3.05) is 0 Å². The van der Waals surface area contributed by atoms with Crippen LogP contribution in [0.3, 0.4) is 0 Å². The largest absolute Gasteiger partial charge is 0.364 e. The molecule has 0 aliphatic rings. The number of amides is 1. The Kier molecular flexibility index (Phi) is 3.22. The molecule has 21 heavy (non-hydrogen) atoms. The van der Waals surface area contributed by atoms with E-state index in [4.69, 9.17) is 5.73 Å². The minimum Gasteiger partial charge on any atom is -0.364 e. The van der Waals surface area contributed by atoms with Crippen molar-refractivity contribution in [1.82, 2.24) is 9.55 Å². The number of primary amides is 1. The second kappa shape index (κ2) is 5.05. The summed E-state index contributed by atoms with van der Waals surface area (Å²) in [6.07, 6.45) is 2.61. The van der Waals surface area contributed by atoms with E-state index in [0.717, 1.165) is 17.7 Å². The van der Waals surface area contributed by atoms with E-state index in [0.29, 0.717) is 0 Å². The number of carbonyl (C=O) groups excluding carboxylic acids is 1. The number of hydrogen-bond acceptors (Lipinski definition) is 2. The van der Waals surface area contributed by atoms with Crippen LogP contribution in [0.5, 0.6) is 0 Å². The first-order valence-electron chi connectivity index (χ1n) is 6.87. The summed E-state index contributed by atoms with van der Waals surface area (Å²) in [5, 5.41) is 1.25. The molecular weight excluding hydrogens is 262 g/mol. The quantitative estimate of drug-likeness (QED) is 0.800. The predicted molar refractivity (Wildman–Crippen MR) is 82.9 cm³/mol. The molecule has 0 saturated carbocycles. The zero-order valence-corrected chi connectivity index (χ0v) is 12.1. The molecule has 3 aromatic rings. The van der Waals surface area contributed by atoms with Crippen molar-refractivity contribution < 1.29 is 4.79 Å². The highest BCUT2D eigenvalue weighted by molar-refractivity contribution is 5.93. The van der Waals surface area contributed by atoms with Gasteiger partial charge in [-0.25, -0.2) is 4.98 Å². The number of aryl methyl sites for hydroxylation is 2. The molecule has 2 N–H and O–H groups in total. The Hall–Kier alpha value is -2.62. The van der Waals surface area contributed by atoms with Gasteiger partial charge in [0, 0.05) is 35.8 Å². The van der Waals surface area contributed by atoms with Crippen LogP contribution >= 0.6 is 0 Å². The van der Waals surface area contributed by atoms with Crippen molar-refractivity contribution in [3.8, 4) is 11.3 Å². The van der Waals surface area contributed by atoms with Crippen LogP contribution < -0.4 is 5.73 Å². The maximum atomic E-state index is 11.1. The summed E-state index contributed by atoms with van der Waals surface area (Å²) < 4.78 is 2.16. The third-order valence-electron chi connectivity index (χ3n) is 3.77. The lowest BCUT2D eigenvalue weighted by Gasteiger charge is -2.07. The normalized spacial score (nSPS) is 11.0. The van der Waals surface area contributed by atoms with Crippen LogP contribution in [0, 0.1) is 6.07 Å². The third kappa shape index (κ3) is 2.09. The zero-order chi connectivity index (χ0) is 15.0. The number of hydrogen-bond donors (Lipinski definition) is 1. The summed E-state index contributed by atoms with van der Waals surface area (Å²) in [4.78, 5) is 15.2. The molecule has 0 aliphatic carbocycles. The fourth-order valence-electron chi connectivity index (χ4n) is 2.82. The Morgan fingerprint density at radius 1 is 1.38 bits per heavy atom. The van der Waals surface area contributed by atoms with Gasteiger partial charge in [0.05, 0.1) is 5.69 Å². The van der Waals surface area contributed by atoms with E-state index in [1.807, 2.05) is 19.2 Å². The molecule has 1 aromatic carbocycles. The summed E-state index contributed by atoms with van der Waals surface area (Å²) >= 11 is 0. The zero-order valence-electron chi connectivity index (χ0n) is 12.1. The molecule has 0 aliphatic heterocycles. The van der Waals surface area contributed by atoms with Crippen LogP contribution in [0.1, 0.15) is 23.0 Å². The van der Waals surface area contributed by atoms with E-state index >= 15 is 0 Å². The third-order valence-corrected chi connectivity index (χ3v) is 3.77. The van der Waals surface area contributed by atoms with Gasteiger partial charge in [-0.15, -0.1) is 0 Å². The molecule has 4 heteroatoms. The van der Waals surface area contributed by atoms with Crippen LogP contribution in [-0.4, -0.2) is 15.5 Å². The van der Waals surface area contributed by atoms with E-state index in [2.05, 4.69) is 34.7 Å². The summed E-state index contributed by atoms with van der Waals surface area (Å²) in [7, 11) is 2.04. The van der Waals surface area contributed by atoms with Crippen LogP contribution in [0.25, 0.3) is 22.2 Å². The maximum Gasteiger partial charge on any atom is 0.267 e.